The Morgan fingerprint density at radius 3 is 2.24 bits per heavy atom. The zero-order valence-electron chi connectivity index (χ0n) is 27.8. The van der Waals surface area contributed by atoms with Crippen LogP contribution in [0.4, 0.5) is 0 Å². The van der Waals surface area contributed by atoms with Crippen molar-refractivity contribution in [2.75, 3.05) is 13.2 Å². The van der Waals surface area contributed by atoms with E-state index in [4.69, 9.17) is 18.9 Å². The summed E-state index contributed by atoms with van der Waals surface area (Å²) in [7, 11) is 0. The van der Waals surface area contributed by atoms with Gasteiger partial charge in [-0.3, -0.25) is 0 Å². The summed E-state index contributed by atoms with van der Waals surface area (Å²) in [6.07, 6.45) is 0.888. The van der Waals surface area contributed by atoms with E-state index in [0.29, 0.717) is 12.3 Å². The van der Waals surface area contributed by atoms with Gasteiger partial charge in [-0.2, -0.15) is 0 Å². The Morgan fingerprint density at radius 2 is 1.56 bits per heavy atom. The molecule has 3 saturated heterocycles. The lowest BCUT2D eigenvalue weighted by molar-refractivity contribution is -0.303. The lowest BCUT2D eigenvalue weighted by Gasteiger charge is -2.63. The zero-order valence-corrected chi connectivity index (χ0v) is 27.8. The molecule has 8 rings (SSSR count). The monoisotopic (exact) mass is 636 g/mol. The van der Waals surface area contributed by atoms with E-state index in [9.17, 15) is 30.6 Å². The molecule has 8 fully saturated rings. The summed E-state index contributed by atoms with van der Waals surface area (Å²) in [4.78, 5) is 0. The molecule has 45 heavy (non-hydrogen) atoms. The topological polar surface area (TPSA) is 158 Å². The second-order valence-corrected chi connectivity index (χ2v) is 18.2. The van der Waals surface area contributed by atoms with Gasteiger partial charge in [0.2, 0.25) is 0 Å². The van der Waals surface area contributed by atoms with Crippen molar-refractivity contribution in [2.24, 2.45) is 50.7 Å². The second-order valence-electron chi connectivity index (χ2n) is 18.2. The van der Waals surface area contributed by atoms with Crippen LogP contribution in [-0.2, 0) is 18.9 Å². The average molecular weight is 637 g/mol. The minimum Gasteiger partial charge on any atom is -0.396 e. The van der Waals surface area contributed by atoms with Crippen molar-refractivity contribution in [2.45, 2.75) is 153 Å². The fourth-order valence-electron chi connectivity index (χ4n) is 13.9. The Morgan fingerprint density at radius 1 is 0.867 bits per heavy atom. The molecule has 5 aliphatic carbocycles. The summed E-state index contributed by atoms with van der Waals surface area (Å²) < 4.78 is 25.7. The van der Waals surface area contributed by atoms with E-state index in [-0.39, 0.29) is 64.8 Å². The predicted molar refractivity (Wildman–Crippen MR) is 160 cm³/mol. The fraction of sp³-hybridized carbons (Fsp3) is 1.00. The Hall–Kier alpha value is -0.400. The molecule has 5 saturated carbocycles. The van der Waals surface area contributed by atoms with E-state index in [1.54, 1.807) is 13.8 Å². The van der Waals surface area contributed by atoms with Crippen LogP contribution in [0.5, 0.6) is 0 Å². The number of ether oxygens (including phenoxy) is 4. The van der Waals surface area contributed by atoms with Crippen LogP contribution >= 0.6 is 0 Å². The minimum atomic E-state index is -1.30. The molecule has 17 atom stereocenters. The Balaban J connectivity index is 1.11. The summed E-state index contributed by atoms with van der Waals surface area (Å²) in [6.45, 7) is 12.6. The van der Waals surface area contributed by atoms with Crippen LogP contribution in [-0.4, -0.2) is 104 Å². The molecular weight excluding hydrogens is 580 g/mol. The summed E-state index contributed by atoms with van der Waals surface area (Å²) >= 11 is 0. The van der Waals surface area contributed by atoms with Crippen LogP contribution in [0.2, 0.25) is 0 Å². The molecule has 3 heterocycles. The maximum Gasteiger partial charge on any atom is 0.199 e. The van der Waals surface area contributed by atoms with E-state index in [2.05, 4.69) is 27.7 Å². The van der Waals surface area contributed by atoms with Gasteiger partial charge in [-0.15, -0.1) is 0 Å². The number of fused-ring (bicyclic) bond motifs is 4. The van der Waals surface area contributed by atoms with E-state index in [1.165, 1.54) is 0 Å². The smallest absolute Gasteiger partial charge is 0.199 e. The third-order valence-corrected chi connectivity index (χ3v) is 15.9. The molecule has 0 amide bonds. The standard InChI is InChI=1S/C35H56O10/c1-29(2)20-7-8-21-32(6)28(40)35-25(17(14-36)13-19(44-35)26(45-35)30(3,4)41)31(32,5)11-12-34(21)16-33(20,34)10-9-22(29)43-27-24(39)23(38)18(37)15-42-27/h17-28,36-41H,7-16H2,1-6H3/t17-,18+,19+,20-,21-,22-,23-,24+,25+,26+,27-,28+,31+,32+,33+,34-,35-/m0/s1. The summed E-state index contributed by atoms with van der Waals surface area (Å²) in [5.41, 5.74) is -1.89. The SMILES string of the molecule is CC(C)(O)[C@@H]1O[C@@]23O[C@@H]1C[C@@H](CO)[C@@H]2[C@@]1(C)CC[C@@]24C[C@@]25CC[C@H](O[C@@H]2OC[C@@H](O)[C@H](O)[C@H]2O)C(C)(C)[C@@H]5CC[C@H]4[C@]1(C)[C@H]3O. The normalized spacial score (nSPS) is 61.1. The van der Waals surface area contributed by atoms with Crippen molar-refractivity contribution in [3.63, 3.8) is 0 Å². The number of aliphatic hydroxyl groups is 6. The third-order valence-electron chi connectivity index (χ3n) is 15.9. The van der Waals surface area contributed by atoms with Crippen molar-refractivity contribution < 1.29 is 49.6 Å². The van der Waals surface area contributed by atoms with Crippen molar-refractivity contribution >= 4 is 0 Å². The van der Waals surface area contributed by atoms with Gasteiger partial charge in [-0.25, -0.2) is 0 Å². The van der Waals surface area contributed by atoms with Crippen molar-refractivity contribution in [3.8, 4) is 0 Å². The first-order valence-electron chi connectivity index (χ1n) is 17.6. The molecule has 10 nitrogen and oxygen atoms in total. The molecule has 0 aromatic heterocycles. The third kappa shape index (κ3) is 3.61. The van der Waals surface area contributed by atoms with Gasteiger partial charge in [-0.1, -0.05) is 27.7 Å². The van der Waals surface area contributed by atoms with Gasteiger partial charge in [0.05, 0.1) is 24.4 Å². The zero-order chi connectivity index (χ0) is 32.3. The first-order valence-corrected chi connectivity index (χ1v) is 17.6. The molecule has 6 N–H and O–H groups in total. The molecule has 10 heteroatoms. The number of hydrogen-bond donors (Lipinski definition) is 6. The maximum absolute atomic E-state index is 12.7. The van der Waals surface area contributed by atoms with Gasteiger partial charge in [0.15, 0.2) is 12.1 Å². The van der Waals surface area contributed by atoms with Crippen LogP contribution in [0.1, 0.15) is 92.9 Å². The largest absolute Gasteiger partial charge is 0.396 e. The first kappa shape index (κ1) is 31.8. The highest BCUT2D eigenvalue weighted by Crippen LogP contribution is 2.90. The van der Waals surface area contributed by atoms with Gasteiger partial charge in [-0.05, 0) is 105 Å². The molecule has 0 radical (unpaired) electrons. The van der Waals surface area contributed by atoms with Crippen molar-refractivity contribution in [3.05, 3.63) is 0 Å². The first-order chi connectivity index (χ1) is 20.9. The molecular formula is C35H56O10. The molecule has 0 unspecified atom stereocenters. The quantitative estimate of drug-likeness (QED) is 0.253. The maximum atomic E-state index is 12.7. The van der Waals surface area contributed by atoms with Gasteiger partial charge in [0, 0.05) is 17.9 Å². The van der Waals surface area contributed by atoms with Gasteiger partial charge in [0.25, 0.3) is 0 Å². The van der Waals surface area contributed by atoms with E-state index in [1.807, 2.05) is 0 Å². The van der Waals surface area contributed by atoms with Gasteiger partial charge in [0.1, 0.15) is 30.5 Å². The summed E-state index contributed by atoms with van der Waals surface area (Å²) in [6, 6.07) is 0. The van der Waals surface area contributed by atoms with Gasteiger partial charge < -0.3 is 49.6 Å². The number of hydrogen-bond acceptors (Lipinski definition) is 10. The van der Waals surface area contributed by atoms with Crippen molar-refractivity contribution in [1.29, 1.82) is 0 Å². The van der Waals surface area contributed by atoms with E-state index >= 15 is 0 Å². The van der Waals surface area contributed by atoms with Crippen LogP contribution in [0.25, 0.3) is 0 Å². The molecule has 3 spiro atoms. The van der Waals surface area contributed by atoms with Crippen LogP contribution < -0.4 is 0 Å². The minimum absolute atomic E-state index is 0.0133. The molecule has 256 valence electrons. The summed E-state index contributed by atoms with van der Waals surface area (Å²) in [5, 5.41) is 65.3. The van der Waals surface area contributed by atoms with Crippen LogP contribution in [0.15, 0.2) is 0 Å². The molecule has 3 aliphatic heterocycles. The highest BCUT2D eigenvalue weighted by molar-refractivity contribution is 5.34. The molecule has 8 aliphatic rings. The predicted octanol–water partition coefficient (Wildman–Crippen LogP) is 2.09. The second kappa shape index (κ2) is 9.43. The van der Waals surface area contributed by atoms with Gasteiger partial charge >= 0.3 is 0 Å². The van der Waals surface area contributed by atoms with Crippen LogP contribution in [0, 0.1) is 50.7 Å². The highest BCUT2D eigenvalue weighted by atomic mass is 16.8. The van der Waals surface area contributed by atoms with Crippen LogP contribution in [0.3, 0.4) is 0 Å². The fourth-order valence-corrected chi connectivity index (χ4v) is 13.9. The summed E-state index contributed by atoms with van der Waals surface area (Å²) in [5.74, 6) is -0.802. The molecule has 0 aromatic carbocycles. The highest BCUT2D eigenvalue weighted by Gasteiger charge is 2.88. The van der Waals surface area contributed by atoms with E-state index in [0.717, 1.165) is 44.9 Å². The number of aliphatic hydroxyl groups excluding tert-OH is 5. The molecule has 0 aromatic rings. The lowest BCUT2D eigenvalue weighted by Crippen LogP contribution is -2.61. The van der Waals surface area contributed by atoms with E-state index < -0.39 is 53.6 Å². The average Bonchev–Trinajstić information content (AvgIpc) is 3.50. The Labute approximate surface area is 266 Å². The Kier molecular flexibility index (Phi) is 6.67. The molecule has 2 bridgehead atoms. The van der Waals surface area contributed by atoms with Crippen molar-refractivity contribution in [1.82, 2.24) is 0 Å². The lowest BCUT2D eigenvalue weighted by atomic mass is 9.41. The number of rotatable bonds is 4. The Bertz CT molecular complexity index is 1220.